The van der Waals surface area contributed by atoms with E-state index in [-0.39, 0.29) is 17.6 Å². The van der Waals surface area contributed by atoms with Crippen molar-refractivity contribution in [1.29, 1.82) is 0 Å². The van der Waals surface area contributed by atoms with Gasteiger partial charge in [0.15, 0.2) is 0 Å². The zero-order valence-electron chi connectivity index (χ0n) is 15.3. The molecule has 1 spiro atoms. The van der Waals surface area contributed by atoms with E-state index in [1.807, 2.05) is 35.2 Å². The van der Waals surface area contributed by atoms with Crippen LogP contribution in [0.15, 0.2) is 54.6 Å². The minimum Gasteiger partial charge on any atom is -0.508 e. The fraction of sp³-hybridized carbons (Fsp3) is 0.364. The number of piperidine rings is 1. The fourth-order valence-corrected chi connectivity index (χ4v) is 4.47. The topological polar surface area (TPSA) is 60.9 Å². The number of benzene rings is 2. The van der Waals surface area contributed by atoms with E-state index in [1.165, 1.54) is 6.07 Å². The lowest BCUT2D eigenvalue weighted by atomic mass is 9.84. The number of likely N-dealkylation sites (tertiary alicyclic amines) is 2. The predicted molar refractivity (Wildman–Crippen MR) is 102 cm³/mol. The summed E-state index contributed by atoms with van der Waals surface area (Å²) >= 11 is 0. The number of nitrogens with zero attached hydrogens (tertiary/aromatic N) is 2. The summed E-state index contributed by atoms with van der Waals surface area (Å²) in [6.07, 6.45) is 3.14. The third kappa shape index (κ3) is 3.18. The molecule has 0 saturated carbocycles. The molecule has 1 atom stereocenters. The molecular weight excluding hydrogens is 340 g/mol. The van der Waals surface area contributed by atoms with E-state index in [9.17, 15) is 14.7 Å². The van der Waals surface area contributed by atoms with Crippen LogP contribution >= 0.6 is 0 Å². The lowest BCUT2D eigenvalue weighted by molar-refractivity contribution is -0.146. The van der Waals surface area contributed by atoms with E-state index < -0.39 is 5.54 Å². The molecule has 2 aliphatic rings. The molecular formula is C22H24N2O3. The van der Waals surface area contributed by atoms with Crippen molar-refractivity contribution in [2.75, 3.05) is 13.1 Å². The molecule has 0 bridgehead atoms. The van der Waals surface area contributed by atoms with Crippen LogP contribution in [0.3, 0.4) is 0 Å². The average molecular weight is 364 g/mol. The highest BCUT2D eigenvalue weighted by Gasteiger charge is 2.52. The van der Waals surface area contributed by atoms with Crippen LogP contribution in [0.4, 0.5) is 0 Å². The van der Waals surface area contributed by atoms with Crippen molar-refractivity contribution in [3.63, 3.8) is 0 Å². The summed E-state index contributed by atoms with van der Waals surface area (Å²) < 4.78 is 0. The maximum atomic E-state index is 13.4. The van der Waals surface area contributed by atoms with E-state index in [4.69, 9.17) is 0 Å². The molecule has 2 saturated heterocycles. The SMILES string of the molecule is O=C(c1cccc(O)c1)N1CCCC12CCCN(Cc1ccccc1)C2=O. The summed E-state index contributed by atoms with van der Waals surface area (Å²) in [4.78, 5) is 30.2. The Morgan fingerprint density at radius 3 is 2.48 bits per heavy atom. The van der Waals surface area contributed by atoms with Crippen molar-refractivity contribution in [2.24, 2.45) is 0 Å². The van der Waals surface area contributed by atoms with Gasteiger partial charge in [-0.25, -0.2) is 0 Å². The summed E-state index contributed by atoms with van der Waals surface area (Å²) in [6.45, 7) is 1.89. The Hall–Kier alpha value is -2.82. The molecule has 2 heterocycles. The average Bonchev–Trinajstić information content (AvgIpc) is 3.10. The maximum absolute atomic E-state index is 13.4. The van der Waals surface area contributed by atoms with Gasteiger partial charge in [0.1, 0.15) is 11.3 Å². The molecule has 2 aromatic carbocycles. The Balaban J connectivity index is 1.60. The van der Waals surface area contributed by atoms with Crippen LogP contribution in [0.1, 0.15) is 41.6 Å². The van der Waals surface area contributed by atoms with E-state index in [1.54, 1.807) is 23.1 Å². The Labute approximate surface area is 159 Å². The molecule has 5 heteroatoms. The van der Waals surface area contributed by atoms with E-state index in [2.05, 4.69) is 0 Å². The van der Waals surface area contributed by atoms with Crippen LogP contribution in [0.5, 0.6) is 5.75 Å². The first kappa shape index (κ1) is 17.6. The standard InChI is InChI=1S/C22H24N2O3/c25-19-10-4-9-18(15-19)20(26)24-14-6-12-22(24)11-5-13-23(21(22)27)16-17-7-2-1-3-8-17/h1-4,7-10,15,25H,5-6,11-14,16H2. The number of rotatable bonds is 3. The van der Waals surface area contributed by atoms with Crippen molar-refractivity contribution in [3.8, 4) is 5.75 Å². The van der Waals surface area contributed by atoms with E-state index in [0.717, 1.165) is 24.9 Å². The summed E-state index contributed by atoms with van der Waals surface area (Å²) in [5.74, 6) is -0.0447. The van der Waals surface area contributed by atoms with Crippen molar-refractivity contribution in [1.82, 2.24) is 9.80 Å². The lowest BCUT2D eigenvalue weighted by Crippen LogP contribution is -2.61. The number of carbonyl (C=O) groups is 2. The van der Waals surface area contributed by atoms with Gasteiger partial charge < -0.3 is 14.9 Å². The Morgan fingerprint density at radius 1 is 1.00 bits per heavy atom. The summed E-state index contributed by atoms with van der Waals surface area (Å²) in [5, 5.41) is 9.72. The maximum Gasteiger partial charge on any atom is 0.254 e. The van der Waals surface area contributed by atoms with Gasteiger partial charge >= 0.3 is 0 Å². The highest BCUT2D eigenvalue weighted by Crippen LogP contribution is 2.39. The third-order valence-electron chi connectivity index (χ3n) is 5.75. The molecule has 0 radical (unpaired) electrons. The first-order chi connectivity index (χ1) is 13.1. The van der Waals surface area contributed by atoms with Crippen LogP contribution in [0, 0.1) is 0 Å². The van der Waals surface area contributed by atoms with Gasteiger partial charge in [-0.2, -0.15) is 0 Å². The number of phenolic OH excluding ortho intramolecular Hbond substituents is 1. The molecule has 2 amide bonds. The van der Waals surface area contributed by atoms with Gasteiger partial charge in [-0.05, 0) is 49.4 Å². The minimum atomic E-state index is -0.741. The zero-order chi connectivity index (χ0) is 18.9. The summed E-state index contributed by atoms with van der Waals surface area (Å²) in [6, 6.07) is 16.4. The molecule has 0 aliphatic carbocycles. The number of hydrogen-bond donors (Lipinski definition) is 1. The van der Waals surface area contributed by atoms with Gasteiger partial charge in [-0.1, -0.05) is 36.4 Å². The van der Waals surface area contributed by atoms with E-state index >= 15 is 0 Å². The highest BCUT2D eigenvalue weighted by molar-refractivity contribution is 6.00. The normalized spacial score (nSPS) is 22.4. The van der Waals surface area contributed by atoms with Gasteiger partial charge in [0.25, 0.3) is 5.91 Å². The Morgan fingerprint density at radius 2 is 1.74 bits per heavy atom. The second-order valence-corrected chi connectivity index (χ2v) is 7.46. The van der Waals surface area contributed by atoms with Gasteiger partial charge in [-0.3, -0.25) is 9.59 Å². The molecule has 1 unspecified atom stereocenters. The van der Waals surface area contributed by atoms with Crippen LogP contribution < -0.4 is 0 Å². The Kier molecular flexibility index (Phi) is 4.60. The quantitative estimate of drug-likeness (QED) is 0.910. The molecule has 2 fully saturated rings. The van der Waals surface area contributed by atoms with Gasteiger partial charge in [0.2, 0.25) is 5.91 Å². The van der Waals surface area contributed by atoms with Crippen LogP contribution in [0.25, 0.3) is 0 Å². The molecule has 4 rings (SSSR count). The number of carbonyl (C=O) groups excluding carboxylic acids is 2. The molecule has 0 aromatic heterocycles. The smallest absolute Gasteiger partial charge is 0.254 e. The first-order valence-corrected chi connectivity index (χ1v) is 9.54. The van der Waals surface area contributed by atoms with Gasteiger partial charge in [0, 0.05) is 25.2 Å². The van der Waals surface area contributed by atoms with Crippen molar-refractivity contribution < 1.29 is 14.7 Å². The molecule has 5 nitrogen and oxygen atoms in total. The monoisotopic (exact) mass is 364 g/mol. The van der Waals surface area contributed by atoms with Gasteiger partial charge in [-0.15, -0.1) is 0 Å². The van der Waals surface area contributed by atoms with Gasteiger partial charge in [0.05, 0.1) is 0 Å². The number of aromatic hydroxyl groups is 1. The number of amides is 2. The Bertz CT molecular complexity index is 852. The van der Waals surface area contributed by atoms with Crippen molar-refractivity contribution in [2.45, 2.75) is 37.8 Å². The second-order valence-electron chi connectivity index (χ2n) is 7.46. The highest BCUT2D eigenvalue weighted by atomic mass is 16.3. The third-order valence-corrected chi connectivity index (χ3v) is 5.75. The molecule has 27 heavy (non-hydrogen) atoms. The fourth-order valence-electron chi connectivity index (χ4n) is 4.47. The molecule has 1 N–H and O–H groups in total. The second kappa shape index (κ2) is 7.06. The summed E-state index contributed by atoms with van der Waals surface area (Å²) in [7, 11) is 0. The molecule has 2 aromatic rings. The first-order valence-electron chi connectivity index (χ1n) is 9.54. The largest absolute Gasteiger partial charge is 0.508 e. The number of hydrogen-bond acceptors (Lipinski definition) is 3. The minimum absolute atomic E-state index is 0.0589. The van der Waals surface area contributed by atoms with Crippen LogP contribution in [-0.4, -0.2) is 45.3 Å². The zero-order valence-corrected chi connectivity index (χ0v) is 15.3. The van der Waals surface area contributed by atoms with Crippen LogP contribution in [-0.2, 0) is 11.3 Å². The van der Waals surface area contributed by atoms with E-state index in [0.29, 0.717) is 31.5 Å². The molecule has 140 valence electrons. The lowest BCUT2D eigenvalue weighted by Gasteiger charge is -2.44. The summed E-state index contributed by atoms with van der Waals surface area (Å²) in [5.41, 5.74) is 0.797. The van der Waals surface area contributed by atoms with Crippen molar-refractivity contribution in [3.05, 3.63) is 65.7 Å². The predicted octanol–water partition coefficient (Wildman–Crippen LogP) is 3.19. The molecule has 2 aliphatic heterocycles. The van der Waals surface area contributed by atoms with Crippen LogP contribution in [0.2, 0.25) is 0 Å². The van der Waals surface area contributed by atoms with Crippen molar-refractivity contribution >= 4 is 11.8 Å². The number of phenols is 1.